The van der Waals surface area contributed by atoms with Crippen molar-refractivity contribution in [3.8, 4) is 16.9 Å². The van der Waals surface area contributed by atoms with Gasteiger partial charge in [-0.3, -0.25) is 4.79 Å². The normalized spacial score (nSPS) is 18.8. The zero-order valence-corrected chi connectivity index (χ0v) is 25.6. The highest BCUT2D eigenvalue weighted by atomic mass is 32.2. The first-order chi connectivity index (χ1) is 20.3. The second kappa shape index (κ2) is 13.1. The quantitative estimate of drug-likeness (QED) is 0.414. The maximum atomic E-state index is 13.8. The molecule has 0 fully saturated rings. The Kier molecular flexibility index (Phi) is 9.73. The van der Waals surface area contributed by atoms with E-state index in [9.17, 15) is 27.5 Å². The van der Waals surface area contributed by atoms with Gasteiger partial charge in [-0.15, -0.1) is 0 Å². The molecule has 0 radical (unpaired) electrons. The Balaban J connectivity index is 1.71. The van der Waals surface area contributed by atoms with Crippen LogP contribution in [0.25, 0.3) is 11.1 Å². The van der Waals surface area contributed by atoms with E-state index < -0.39 is 34.0 Å². The van der Waals surface area contributed by atoms with E-state index in [2.05, 4.69) is 5.32 Å². The molecule has 0 spiro atoms. The highest BCUT2D eigenvalue weighted by Gasteiger charge is 2.38. The lowest BCUT2D eigenvalue weighted by molar-refractivity contribution is 0.0827. The minimum atomic E-state index is -4.07. The van der Waals surface area contributed by atoms with E-state index in [1.54, 1.807) is 58.4 Å². The van der Waals surface area contributed by atoms with E-state index in [1.165, 1.54) is 44.4 Å². The summed E-state index contributed by atoms with van der Waals surface area (Å²) in [5.41, 5.74) is 2.23. The average molecular weight is 613 g/mol. The molecule has 43 heavy (non-hydrogen) atoms. The van der Waals surface area contributed by atoms with Crippen molar-refractivity contribution >= 4 is 27.6 Å². The number of ether oxygens (including phenoxy) is 1. The number of aliphatic hydroxyl groups is 1. The van der Waals surface area contributed by atoms with Crippen LogP contribution in [0.5, 0.6) is 5.75 Å². The summed E-state index contributed by atoms with van der Waals surface area (Å²) in [5, 5.41) is 12.6. The average Bonchev–Trinajstić information content (AvgIpc) is 2.98. The van der Waals surface area contributed by atoms with Gasteiger partial charge < -0.3 is 25.0 Å². The minimum absolute atomic E-state index is 0.0536. The molecule has 0 saturated carbocycles. The van der Waals surface area contributed by atoms with Crippen molar-refractivity contribution < 1.29 is 32.2 Å². The first-order valence-corrected chi connectivity index (χ1v) is 15.3. The largest absolute Gasteiger partial charge is 0.487 e. The Bertz CT molecular complexity index is 1580. The van der Waals surface area contributed by atoms with Gasteiger partial charge in [-0.05, 0) is 66.6 Å². The summed E-state index contributed by atoms with van der Waals surface area (Å²) in [4.78, 5) is 28.4. The number of urea groups is 1. The van der Waals surface area contributed by atoms with Crippen LogP contribution >= 0.6 is 0 Å². The molecule has 3 aromatic carbocycles. The molecule has 4 rings (SSSR count). The van der Waals surface area contributed by atoms with Crippen molar-refractivity contribution in [2.24, 2.45) is 5.92 Å². The molecular formula is C31H37FN4O6S. The summed E-state index contributed by atoms with van der Waals surface area (Å²) in [6.45, 7) is 3.24. The van der Waals surface area contributed by atoms with Crippen LogP contribution in [0, 0.1) is 11.7 Å². The zero-order valence-electron chi connectivity index (χ0n) is 24.8. The summed E-state index contributed by atoms with van der Waals surface area (Å²) in [6.07, 6.45) is -0.636. The number of carbonyl (C=O) groups excluding carboxylic acids is 2. The first-order valence-electron chi connectivity index (χ1n) is 13.8. The highest BCUT2D eigenvalue weighted by Crippen LogP contribution is 2.37. The summed E-state index contributed by atoms with van der Waals surface area (Å²) in [7, 11) is 0.846. The van der Waals surface area contributed by atoms with Gasteiger partial charge >= 0.3 is 6.03 Å². The van der Waals surface area contributed by atoms with Gasteiger partial charge in [0.2, 0.25) is 10.0 Å². The van der Waals surface area contributed by atoms with Crippen molar-refractivity contribution in [2.75, 3.05) is 46.2 Å². The number of aliphatic hydroxyl groups excluding tert-OH is 1. The number of amides is 3. The van der Waals surface area contributed by atoms with Crippen LogP contribution in [0.2, 0.25) is 0 Å². The van der Waals surface area contributed by atoms with Crippen LogP contribution in [-0.4, -0.2) is 92.6 Å². The number of hydrogen-bond donors (Lipinski definition) is 2. The third-order valence-electron chi connectivity index (χ3n) is 7.41. The molecule has 10 nitrogen and oxygen atoms in total. The number of nitrogens with one attached hydrogen (secondary N) is 1. The summed E-state index contributed by atoms with van der Waals surface area (Å²) >= 11 is 0. The molecule has 3 amide bonds. The van der Waals surface area contributed by atoms with Gasteiger partial charge in [0.1, 0.15) is 22.6 Å². The Morgan fingerprint density at radius 3 is 2.40 bits per heavy atom. The fourth-order valence-corrected chi connectivity index (χ4v) is 6.64. The van der Waals surface area contributed by atoms with Gasteiger partial charge in [0.05, 0.1) is 13.2 Å². The van der Waals surface area contributed by atoms with Crippen LogP contribution in [0.4, 0.5) is 14.9 Å². The first kappa shape index (κ1) is 31.9. The van der Waals surface area contributed by atoms with Gasteiger partial charge in [0.15, 0.2) is 0 Å². The van der Waals surface area contributed by atoms with E-state index in [1.807, 2.05) is 13.0 Å². The molecule has 0 saturated heterocycles. The van der Waals surface area contributed by atoms with Crippen LogP contribution in [-0.2, 0) is 10.0 Å². The predicted octanol–water partition coefficient (Wildman–Crippen LogP) is 4.13. The number of carbonyl (C=O) groups is 2. The number of sulfonamides is 1. The number of hydrogen-bond acceptors (Lipinski definition) is 6. The molecular weight excluding hydrogens is 575 g/mol. The van der Waals surface area contributed by atoms with Crippen molar-refractivity contribution in [1.29, 1.82) is 0 Å². The SMILES string of the molecule is C[C@@H]1CN([C@@H](C)CO)S(=O)(=O)c2ccc(-c3cccc(C(=O)N(C)C)c3)cc2O[C@H]1CN(C)C(=O)Nc1ccc(F)cc1. The summed E-state index contributed by atoms with van der Waals surface area (Å²) in [5.74, 6) is -0.881. The van der Waals surface area contributed by atoms with Crippen LogP contribution in [0.1, 0.15) is 24.2 Å². The van der Waals surface area contributed by atoms with Gasteiger partial charge in [-0.2, -0.15) is 4.31 Å². The summed E-state index contributed by atoms with van der Waals surface area (Å²) in [6, 6.07) is 16.0. The van der Waals surface area contributed by atoms with Crippen molar-refractivity contribution in [1.82, 2.24) is 14.1 Å². The molecule has 3 atom stereocenters. The molecule has 12 heteroatoms. The van der Waals surface area contributed by atoms with Crippen molar-refractivity contribution in [3.63, 3.8) is 0 Å². The number of halogens is 1. The number of fused-ring (bicyclic) bond motifs is 1. The second-order valence-electron chi connectivity index (χ2n) is 11.0. The van der Waals surface area contributed by atoms with Crippen molar-refractivity contribution in [3.05, 3.63) is 78.1 Å². The molecule has 230 valence electrons. The van der Waals surface area contributed by atoms with Gasteiger partial charge in [0.25, 0.3) is 5.91 Å². The third kappa shape index (κ3) is 7.15. The molecule has 1 aliphatic rings. The second-order valence-corrected chi connectivity index (χ2v) is 12.9. The Hall–Kier alpha value is -4.00. The lowest BCUT2D eigenvalue weighted by Gasteiger charge is -2.37. The van der Waals surface area contributed by atoms with Gasteiger partial charge in [0, 0.05) is 50.9 Å². The molecule has 1 aliphatic heterocycles. The number of likely N-dealkylation sites (N-methyl/N-ethyl adjacent to an activating group) is 1. The standard InChI is InChI=1S/C31H37FN4O6S/c1-20-17-36(21(2)19-37)43(40,41)29-14-9-23(22-7-6-8-24(15-22)30(38)34(3)4)16-27(29)42-28(20)18-35(5)31(39)33-26-12-10-25(32)11-13-26/h6-16,20-21,28,37H,17-19H2,1-5H3,(H,33,39)/t20-,21+,28+/m1/s1. The van der Waals surface area contributed by atoms with E-state index in [0.29, 0.717) is 22.4 Å². The lowest BCUT2D eigenvalue weighted by atomic mass is 10.0. The number of rotatable bonds is 7. The monoisotopic (exact) mass is 612 g/mol. The Labute approximate surface area is 251 Å². The molecule has 0 aromatic heterocycles. The lowest BCUT2D eigenvalue weighted by Crippen LogP contribution is -2.50. The Morgan fingerprint density at radius 2 is 1.74 bits per heavy atom. The molecule has 2 N–H and O–H groups in total. The van der Waals surface area contributed by atoms with E-state index in [-0.39, 0.29) is 42.2 Å². The predicted molar refractivity (Wildman–Crippen MR) is 162 cm³/mol. The smallest absolute Gasteiger partial charge is 0.321 e. The fraction of sp³-hybridized carbons (Fsp3) is 0.355. The van der Waals surface area contributed by atoms with Crippen LogP contribution in [0.15, 0.2) is 71.6 Å². The number of nitrogens with zero attached hydrogens (tertiary/aromatic N) is 3. The van der Waals surface area contributed by atoms with Crippen molar-refractivity contribution in [2.45, 2.75) is 30.9 Å². The van der Waals surface area contributed by atoms with Crippen LogP contribution in [0.3, 0.4) is 0 Å². The highest BCUT2D eigenvalue weighted by molar-refractivity contribution is 7.89. The number of benzene rings is 3. The molecule has 0 aliphatic carbocycles. The molecule has 1 heterocycles. The van der Waals surface area contributed by atoms with Gasteiger partial charge in [-0.1, -0.05) is 25.1 Å². The maximum absolute atomic E-state index is 13.8. The van der Waals surface area contributed by atoms with E-state index in [4.69, 9.17) is 4.74 Å². The van der Waals surface area contributed by atoms with E-state index >= 15 is 0 Å². The molecule has 3 aromatic rings. The third-order valence-corrected chi connectivity index (χ3v) is 9.43. The zero-order chi connectivity index (χ0) is 31.5. The Morgan fingerprint density at radius 1 is 1.07 bits per heavy atom. The topological polar surface area (TPSA) is 119 Å². The summed E-state index contributed by atoms with van der Waals surface area (Å²) < 4.78 is 48.6. The minimum Gasteiger partial charge on any atom is -0.487 e. The van der Waals surface area contributed by atoms with Crippen LogP contribution < -0.4 is 10.1 Å². The number of anilines is 1. The van der Waals surface area contributed by atoms with E-state index in [0.717, 1.165) is 0 Å². The van der Waals surface area contributed by atoms with Gasteiger partial charge in [-0.25, -0.2) is 17.6 Å². The molecule has 0 unspecified atom stereocenters. The fourth-order valence-electron chi connectivity index (χ4n) is 4.82. The molecule has 0 bridgehead atoms. The maximum Gasteiger partial charge on any atom is 0.321 e.